The van der Waals surface area contributed by atoms with Gasteiger partial charge < -0.3 is 5.32 Å². The fraction of sp³-hybridized carbons (Fsp3) is 0.269. The molecule has 0 saturated heterocycles. The van der Waals surface area contributed by atoms with Crippen LogP contribution < -0.4 is 5.32 Å². The molecule has 1 fully saturated rings. The van der Waals surface area contributed by atoms with E-state index in [1.807, 2.05) is 66.9 Å². The zero-order chi connectivity index (χ0) is 25.4. The van der Waals surface area contributed by atoms with Crippen LogP contribution in [0, 0.1) is 0 Å². The average molecular weight is 514 g/mol. The van der Waals surface area contributed by atoms with Gasteiger partial charge in [-0.25, -0.2) is 4.68 Å². The monoisotopic (exact) mass is 513 g/mol. The predicted molar refractivity (Wildman–Crippen MR) is 130 cm³/mol. The van der Waals surface area contributed by atoms with Crippen LogP contribution in [-0.2, 0) is 17.5 Å². The minimum atomic E-state index is -4.70. The van der Waals surface area contributed by atoms with Crippen molar-refractivity contribution >= 4 is 17.5 Å². The number of para-hydroxylation sites is 1. The maximum atomic E-state index is 13.4. The molecular formula is C26H23ClF3N5O. The van der Waals surface area contributed by atoms with Crippen molar-refractivity contribution in [2.75, 3.05) is 0 Å². The molecule has 4 aromatic rings. The number of nitrogens with zero attached hydrogens (tertiary/aromatic N) is 4. The predicted octanol–water partition coefficient (Wildman–Crippen LogP) is 6.16. The summed E-state index contributed by atoms with van der Waals surface area (Å²) in [5.74, 6) is -0.582. The second kappa shape index (κ2) is 9.46. The number of carbonyl (C=O) groups is 1. The third-order valence-corrected chi connectivity index (χ3v) is 6.55. The van der Waals surface area contributed by atoms with E-state index in [9.17, 15) is 18.0 Å². The van der Waals surface area contributed by atoms with E-state index >= 15 is 0 Å². The molecule has 36 heavy (non-hydrogen) atoms. The van der Waals surface area contributed by atoms with Crippen molar-refractivity contribution < 1.29 is 18.0 Å². The summed E-state index contributed by atoms with van der Waals surface area (Å²) in [6, 6.07) is 18.2. The van der Waals surface area contributed by atoms with Crippen LogP contribution >= 0.6 is 11.6 Å². The standard InChI is InChI=1S/C26H23ClF3N5O/c1-16(35-23(18-12-13-18)21(27)24(33-35)26(28,29)30)25(36)31-14-19-15-34(20-10-6-3-7-11-20)32-22(19)17-8-4-2-5-9-17/h2-11,15-16,18H,12-14H2,1H3,(H,31,36). The Bertz CT molecular complexity index is 1380. The summed E-state index contributed by atoms with van der Waals surface area (Å²) in [6.07, 6.45) is -1.42. The second-order valence-electron chi connectivity index (χ2n) is 8.81. The van der Waals surface area contributed by atoms with E-state index in [1.54, 1.807) is 4.68 Å². The first-order valence-electron chi connectivity index (χ1n) is 11.6. The summed E-state index contributed by atoms with van der Waals surface area (Å²) in [6.45, 7) is 1.66. The van der Waals surface area contributed by atoms with Crippen LogP contribution in [0.1, 0.15) is 48.7 Å². The van der Waals surface area contributed by atoms with Crippen molar-refractivity contribution in [3.05, 3.63) is 88.8 Å². The summed E-state index contributed by atoms with van der Waals surface area (Å²) in [4.78, 5) is 13.1. The SMILES string of the molecule is CC(C(=O)NCc1cn(-c2ccccc2)nc1-c1ccccc1)n1nc(C(F)(F)F)c(Cl)c1C1CC1. The lowest BCUT2D eigenvalue weighted by molar-refractivity contribution is -0.141. The van der Waals surface area contributed by atoms with Gasteiger partial charge in [-0.15, -0.1) is 0 Å². The van der Waals surface area contributed by atoms with Gasteiger partial charge in [-0.2, -0.15) is 23.4 Å². The Morgan fingerprint density at radius 3 is 2.33 bits per heavy atom. The van der Waals surface area contributed by atoms with E-state index in [-0.39, 0.29) is 18.2 Å². The van der Waals surface area contributed by atoms with Crippen molar-refractivity contribution in [1.29, 1.82) is 0 Å². The number of aromatic nitrogens is 4. The topological polar surface area (TPSA) is 64.7 Å². The summed E-state index contributed by atoms with van der Waals surface area (Å²) in [5, 5.41) is 10.9. The van der Waals surface area contributed by atoms with Crippen LogP contribution in [0.15, 0.2) is 66.9 Å². The molecule has 186 valence electrons. The average Bonchev–Trinajstić information content (AvgIpc) is 3.51. The van der Waals surface area contributed by atoms with Crippen molar-refractivity contribution in [3.63, 3.8) is 0 Å². The van der Waals surface area contributed by atoms with Crippen LogP contribution in [-0.4, -0.2) is 25.5 Å². The van der Waals surface area contributed by atoms with Crippen molar-refractivity contribution in [2.24, 2.45) is 0 Å². The molecule has 2 aromatic carbocycles. The number of amides is 1. The van der Waals surface area contributed by atoms with Crippen LogP contribution in [0.25, 0.3) is 16.9 Å². The number of nitrogens with one attached hydrogen (secondary N) is 1. The summed E-state index contributed by atoms with van der Waals surface area (Å²) < 4.78 is 43.2. The summed E-state index contributed by atoms with van der Waals surface area (Å²) >= 11 is 6.07. The molecule has 0 bridgehead atoms. The Kier molecular flexibility index (Phi) is 6.34. The van der Waals surface area contributed by atoms with Gasteiger partial charge in [0.2, 0.25) is 5.91 Å². The van der Waals surface area contributed by atoms with Gasteiger partial charge >= 0.3 is 6.18 Å². The maximum absolute atomic E-state index is 13.4. The fourth-order valence-electron chi connectivity index (χ4n) is 4.16. The molecule has 0 aliphatic heterocycles. The quantitative estimate of drug-likeness (QED) is 0.322. The molecule has 2 heterocycles. The van der Waals surface area contributed by atoms with Gasteiger partial charge in [-0.3, -0.25) is 9.48 Å². The van der Waals surface area contributed by atoms with E-state index in [0.717, 1.165) is 34.3 Å². The van der Waals surface area contributed by atoms with Crippen LogP contribution in [0.3, 0.4) is 0 Å². The summed E-state index contributed by atoms with van der Waals surface area (Å²) in [7, 11) is 0. The molecule has 1 amide bonds. The van der Waals surface area contributed by atoms with Crippen molar-refractivity contribution in [1.82, 2.24) is 24.9 Å². The Morgan fingerprint density at radius 2 is 1.72 bits per heavy atom. The molecule has 0 radical (unpaired) electrons. The van der Waals surface area contributed by atoms with Gasteiger partial charge in [0.25, 0.3) is 0 Å². The number of rotatable bonds is 7. The van der Waals surface area contributed by atoms with Gasteiger partial charge in [0, 0.05) is 29.8 Å². The first kappa shape index (κ1) is 24.1. The van der Waals surface area contributed by atoms with E-state index in [4.69, 9.17) is 16.7 Å². The van der Waals surface area contributed by atoms with Crippen molar-refractivity contribution in [3.8, 4) is 16.9 Å². The van der Waals surface area contributed by atoms with Gasteiger partial charge in [0.05, 0.1) is 22.1 Å². The highest BCUT2D eigenvalue weighted by Crippen LogP contribution is 2.47. The molecule has 1 aliphatic rings. The number of carbonyl (C=O) groups excluding carboxylic acids is 1. The number of benzene rings is 2. The van der Waals surface area contributed by atoms with Gasteiger partial charge in [-0.05, 0) is 31.9 Å². The van der Waals surface area contributed by atoms with E-state index in [1.165, 1.54) is 6.92 Å². The molecule has 2 aromatic heterocycles. The molecule has 1 unspecified atom stereocenters. The molecular weight excluding hydrogens is 491 g/mol. The molecule has 0 spiro atoms. The second-order valence-corrected chi connectivity index (χ2v) is 9.19. The zero-order valence-electron chi connectivity index (χ0n) is 19.3. The van der Waals surface area contributed by atoms with Crippen molar-refractivity contribution in [2.45, 2.75) is 44.4 Å². The number of alkyl halides is 3. The smallest absolute Gasteiger partial charge is 0.350 e. The number of halogens is 4. The number of hydrogen-bond acceptors (Lipinski definition) is 3. The minimum absolute atomic E-state index is 0.120. The summed E-state index contributed by atoms with van der Waals surface area (Å²) in [5.41, 5.74) is 2.33. The van der Waals surface area contributed by atoms with Gasteiger partial charge in [0.1, 0.15) is 6.04 Å². The first-order chi connectivity index (χ1) is 17.2. The molecule has 1 atom stereocenters. The maximum Gasteiger partial charge on any atom is 0.436 e. The highest BCUT2D eigenvalue weighted by atomic mass is 35.5. The lowest BCUT2D eigenvalue weighted by Crippen LogP contribution is -2.32. The molecule has 1 saturated carbocycles. The van der Waals surface area contributed by atoms with E-state index in [2.05, 4.69) is 10.4 Å². The Labute approximate surface area is 210 Å². The molecule has 6 nitrogen and oxygen atoms in total. The van der Waals surface area contributed by atoms with Gasteiger partial charge in [0.15, 0.2) is 5.69 Å². The largest absolute Gasteiger partial charge is 0.436 e. The Hall–Kier alpha value is -3.59. The zero-order valence-corrected chi connectivity index (χ0v) is 20.1. The normalized spacial score (nSPS) is 14.6. The lowest BCUT2D eigenvalue weighted by Gasteiger charge is -2.16. The third kappa shape index (κ3) is 4.75. The highest BCUT2D eigenvalue weighted by Gasteiger charge is 2.43. The van der Waals surface area contributed by atoms with Crippen LogP contribution in [0.4, 0.5) is 13.2 Å². The van der Waals surface area contributed by atoms with E-state index in [0.29, 0.717) is 5.69 Å². The van der Waals surface area contributed by atoms with Crippen LogP contribution in [0.2, 0.25) is 5.02 Å². The first-order valence-corrected chi connectivity index (χ1v) is 11.9. The van der Waals surface area contributed by atoms with E-state index < -0.39 is 28.8 Å². The van der Waals surface area contributed by atoms with Crippen LogP contribution in [0.5, 0.6) is 0 Å². The Balaban J connectivity index is 1.41. The molecule has 1 aliphatic carbocycles. The third-order valence-electron chi connectivity index (χ3n) is 6.18. The van der Waals surface area contributed by atoms with Gasteiger partial charge in [-0.1, -0.05) is 60.1 Å². The molecule has 10 heteroatoms. The number of hydrogen-bond donors (Lipinski definition) is 1. The fourth-order valence-corrected chi connectivity index (χ4v) is 4.54. The molecule has 1 N–H and O–H groups in total. The lowest BCUT2D eigenvalue weighted by atomic mass is 10.1. The Morgan fingerprint density at radius 1 is 1.08 bits per heavy atom. The minimum Gasteiger partial charge on any atom is -0.350 e. The highest BCUT2D eigenvalue weighted by molar-refractivity contribution is 6.32. The molecule has 5 rings (SSSR count).